The minimum atomic E-state index is 0.0607. The zero-order valence-electron chi connectivity index (χ0n) is 24.7. The van der Waals surface area contributed by atoms with Crippen molar-refractivity contribution in [3.63, 3.8) is 0 Å². The standard InChI is InChI=1S/C39H36BrN/c1-37(2)32-23-30(34(40)24-33(32)38(3,4)39(37,5)6)27-19-20-36-31(22-27)29-17-10-11-18-35(29)41(36)28-16-12-15-26(21-28)25-13-8-7-9-14-25/h7-24H,1-6H3. The lowest BCUT2D eigenvalue weighted by atomic mass is 9.59. The molecule has 41 heavy (non-hydrogen) atoms. The van der Waals surface area contributed by atoms with E-state index in [2.05, 4.69) is 171 Å². The van der Waals surface area contributed by atoms with Gasteiger partial charge in [-0.3, -0.25) is 0 Å². The molecule has 0 unspecified atom stereocenters. The Balaban J connectivity index is 1.43. The largest absolute Gasteiger partial charge is 0.309 e. The number of hydrogen-bond donors (Lipinski definition) is 0. The molecule has 1 heterocycles. The molecule has 0 aliphatic heterocycles. The van der Waals surface area contributed by atoms with Gasteiger partial charge >= 0.3 is 0 Å². The molecule has 0 atom stereocenters. The van der Waals surface area contributed by atoms with Crippen LogP contribution < -0.4 is 0 Å². The van der Waals surface area contributed by atoms with E-state index in [-0.39, 0.29) is 16.2 Å². The molecular formula is C39H36BrN. The van der Waals surface area contributed by atoms with Crippen molar-refractivity contribution in [1.29, 1.82) is 0 Å². The summed E-state index contributed by atoms with van der Waals surface area (Å²) in [5, 5.41) is 2.55. The van der Waals surface area contributed by atoms with Gasteiger partial charge in [0.25, 0.3) is 0 Å². The van der Waals surface area contributed by atoms with Crippen LogP contribution >= 0.6 is 15.9 Å². The topological polar surface area (TPSA) is 4.93 Å². The van der Waals surface area contributed by atoms with Crippen molar-refractivity contribution in [2.45, 2.75) is 52.4 Å². The predicted molar refractivity (Wildman–Crippen MR) is 179 cm³/mol. The highest BCUT2D eigenvalue weighted by Crippen LogP contribution is 2.62. The smallest absolute Gasteiger partial charge is 0.0541 e. The molecule has 1 aromatic heterocycles. The molecular weight excluding hydrogens is 562 g/mol. The first kappa shape index (κ1) is 26.3. The van der Waals surface area contributed by atoms with E-state index >= 15 is 0 Å². The van der Waals surface area contributed by atoms with Crippen LogP contribution in [0.3, 0.4) is 0 Å². The molecule has 0 N–H and O–H groups in total. The van der Waals surface area contributed by atoms with Crippen molar-refractivity contribution in [1.82, 2.24) is 4.57 Å². The Bertz CT molecular complexity index is 1970. The van der Waals surface area contributed by atoms with Crippen LogP contribution in [0.2, 0.25) is 0 Å². The molecule has 1 aliphatic rings. The molecule has 0 amide bonds. The Labute approximate surface area is 252 Å². The van der Waals surface area contributed by atoms with Crippen molar-refractivity contribution in [3.05, 3.63) is 125 Å². The maximum Gasteiger partial charge on any atom is 0.0541 e. The van der Waals surface area contributed by atoms with Crippen LogP contribution in [0.4, 0.5) is 0 Å². The number of benzene rings is 5. The highest BCUT2D eigenvalue weighted by Gasteiger charge is 2.56. The molecule has 0 saturated heterocycles. The number of aromatic nitrogens is 1. The van der Waals surface area contributed by atoms with Gasteiger partial charge in [-0.25, -0.2) is 0 Å². The molecule has 1 nitrogen and oxygen atoms in total. The van der Waals surface area contributed by atoms with Crippen LogP contribution in [0.25, 0.3) is 49.7 Å². The minimum Gasteiger partial charge on any atom is -0.309 e. The van der Waals surface area contributed by atoms with Crippen LogP contribution in [0.5, 0.6) is 0 Å². The summed E-state index contributed by atoms with van der Waals surface area (Å²) < 4.78 is 3.57. The second-order valence-electron chi connectivity index (χ2n) is 13.3. The lowest BCUT2D eigenvalue weighted by Gasteiger charge is -2.44. The van der Waals surface area contributed by atoms with Crippen LogP contribution in [-0.4, -0.2) is 4.57 Å². The Hall–Kier alpha value is -3.62. The summed E-state index contributed by atoms with van der Waals surface area (Å²) >= 11 is 3.99. The van der Waals surface area contributed by atoms with E-state index < -0.39 is 0 Å². The summed E-state index contributed by atoms with van der Waals surface area (Å²) in [5.41, 5.74) is 11.8. The second-order valence-corrected chi connectivity index (χ2v) is 14.1. The maximum absolute atomic E-state index is 3.99. The minimum absolute atomic E-state index is 0.0607. The fourth-order valence-corrected chi connectivity index (χ4v) is 7.73. The predicted octanol–water partition coefficient (Wildman–Crippen LogP) is 11.5. The van der Waals surface area contributed by atoms with E-state index in [1.54, 1.807) is 0 Å². The first-order valence-corrected chi connectivity index (χ1v) is 15.4. The van der Waals surface area contributed by atoms with Crippen molar-refractivity contribution in [3.8, 4) is 27.9 Å². The zero-order valence-corrected chi connectivity index (χ0v) is 26.3. The molecule has 7 rings (SSSR count). The molecule has 5 aromatic carbocycles. The van der Waals surface area contributed by atoms with E-state index in [4.69, 9.17) is 0 Å². The molecule has 2 heteroatoms. The number of halogens is 1. The average Bonchev–Trinajstić information content (AvgIpc) is 3.35. The number of fused-ring (bicyclic) bond motifs is 4. The molecule has 0 saturated carbocycles. The van der Waals surface area contributed by atoms with E-state index in [1.807, 2.05) is 0 Å². The maximum atomic E-state index is 3.99. The van der Waals surface area contributed by atoms with Gasteiger partial charge in [0.1, 0.15) is 0 Å². The third-order valence-corrected chi connectivity index (χ3v) is 11.4. The second kappa shape index (κ2) is 8.94. The monoisotopic (exact) mass is 597 g/mol. The highest BCUT2D eigenvalue weighted by atomic mass is 79.9. The lowest BCUT2D eigenvalue weighted by Crippen LogP contribution is -2.42. The lowest BCUT2D eigenvalue weighted by molar-refractivity contribution is 0.125. The quantitative estimate of drug-likeness (QED) is 0.191. The fourth-order valence-electron chi connectivity index (χ4n) is 7.16. The van der Waals surface area contributed by atoms with Gasteiger partial charge in [0.2, 0.25) is 0 Å². The Morgan fingerprint density at radius 3 is 1.90 bits per heavy atom. The summed E-state index contributed by atoms with van der Waals surface area (Å²) in [6.07, 6.45) is 0. The summed E-state index contributed by atoms with van der Waals surface area (Å²) in [5.74, 6) is 0. The van der Waals surface area contributed by atoms with Crippen molar-refractivity contribution < 1.29 is 0 Å². The van der Waals surface area contributed by atoms with Gasteiger partial charge in [0.15, 0.2) is 0 Å². The Morgan fingerprint density at radius 1 is 0.512 bits per heavy atom. The Kier molecular flexibility index (Phi) is 5.73. The molecule has 0 fully saturated rings. The van der Waals surface area contributed by atoms with Gasteiger partial charge < -0.3 is 4.57 Å². The van der Waals surface area contributed by atoms with Gasteiger partial charge in [-0.2, -0.15) is 0 Å². The summed E-state index contributed by atoms with van der Waals surface area (Å²) in [4.78, 5) is 0. The highest BCUT2D eigenvalue weighted by molar-refractivity contribution is 9.10. The normalized spacial score (nSPS) is 16.8. The first-order chi connectivity index (χ1) is 19.5. The first-order valence-electron chi connectivity index (χ1n) is 14.6. The molecule has 1 aliphatic carbocycles. The average molecular weight is 599 g/mol. The van der Waals surface area contributed by atoms with E-state index in [1.165, 1.54) is 60.9 Å². The van der Waals surface area contributed by atoms with E-state index in [9.17, 15) is 0 Å². The third-order valence-electron chi connectivity index (χ3n) is 10.8. The van der Waals surface area contributed by atoms with E-state index in [0.717, 1.165) is 4.47 Å². The molecule has 6 aromatic rings. The van der Waals surface area contributed by atoms with Crippen molar-refractivity contribution in [2.24, 2.45) is 5.41 Å². The van der Waals surface area contributed by atoms with Crippen molar-refractivity contribution in [2.75, 3.05) is 0 Å². The number of nitrogens with zero attached hydrogens (tertiary/aromatic N) is 1. The fraction of sp³-hybridized carbons (Fsp3) is 0.231. The third kappa shape index (κ3) is 3.66. The summed E-state index contributed by atoms with van der Waals surface area (Å²) in [7, 11) is 0. The van der Waals surface area contributed by atoms with Gasteiger partial charge in [-0.1, -0.05) is 124 Å². The van der Waals surface area contributed by atoms with Crippen LogP contribution in [0, 0.1) is 5.41 Å². The van der Waals surface area contributed by atoms with Crippen LogP contribution in [0.15, 0.2) is 114 Å². The van der Waals surface area contributed by atoms with E-state index in [0.29, 0.717) is 0 Å². The van der Waals surface area contributed by atoms with Gasteiger partial charge in [-0.05, 0) is 92.1 Å². The number of rotatable bonds is 3. The molecule has 0 radical (unpaired) electrons. The van der Waals surface area contributed by atoms with Gasteiger partial charge in [0.05, 0.1) is 11.0 Å². The summed E-state index contributed by atoms with van der Waals surface area (Å²) in [6, 6.07) is 40.1. The molecule has 0 spiro atoms. The number of hydrogen-bond acceptors (Lipinski definition) is 0. The molecule has 204 valence electrons. The number of para-hydroxylation sites is 1. The molecule has 0 bridgehead atoms. The van der Waals surface area contributed by atoms with Crippen LogP contribution in [0.1, 0.15) is 52.7 Å². The SMILES string of the molecule is CC1(C)c2cc(Br)c(-c3ccc4c(c3)c3ccccc3n4-c3cccc(-c4ccccc4)c3)cc2C(C)(C)C1(C)C. The van der Waals surface area contributed by atoms with Gasteiger partial charge in [0, 0.05) is 20.9 Å². The summed E-state index contributed by atoms with van der Waals surface area (Å²) in [6.45, 7) is 14.5. The zero-order chi connectivity index (χ0) is 28.7. The van der Waals surface area contributed by atoms with Crippen molar-refractivity contribution >= 4 is 37.7 Å². The van der Waals surface area contributed by atoms with Gasteiger partial charge in [-0.15, -0.1) is 0 Å². The van der Waals surface area contributed by atoms with Crippen LogP contribution in [-0.2, 0) is 10.8 Å². The Morgan fingerprint density at radius 2 is 1.15 bits per heavy atom.